The van der Waals surface area contributed by atoms with Crippen LogP contribution in [0.2, 0.25) is 0 Å². The van der Waals surface area contributed by atoms with E-state index in [9.17, 15) is 0 Å². The maximum Gasteiger partial charge on any atom is 0.205 e. The fourth-order valence-electron chi connectivity index (χ4n) is 2.76. The summed E-state index contributed by atoms with van der Waals surface area (Å²) in [4.78, 5) is 7.24. The number of anilines is 1. The number of nitrogens with zero attached hydrogens (tertiary/aromatic N) is 3. The normalized spacial score (nSPS) is 20.5. The lowest BCUT2D eigenvalue weighted by molar-refractivity contribution is 0.591. The van der Waals surface area contributed by atoms with Crippen molar-refractivity contribution in [3.63, 3.8) is 0 Å². The van der Waals surface area contributed by atoms with E-state index in [1.807, 2.05) is 0 Å². The highest BCUT2D eigenvalue weighted by molar-refractivity contribution is 7.09. The minimum absolute atomic E-state index is 0.662. The molecule has 4 nitrogen and oxygen atoms in total. The average Bonchev–Trinajstić information content (AvgIpc) is 2.92. The molecule has 1 heterocycles. The third kappa shape index (κ3) is 2.67. The Labute approximate surface area is 113 Å². The summed E-state index contributed by atoms with van der Waals surface area (Å²) in [6.45, 7) is 1.80. The van der Waals surface area contributed by atoms with E-state index < -0.39 is 0 Å². The molecule has 18 heavy (non-hydrogen) atoms. The van der Waals surface area contributed by atoms with Crippen molar-refractivity contribution in [2.24, 2.45) is 5.73 Å². The number of nitrogens with two attached hydrogens (primary N) is 1. The largest absolute Gasteiger partial charge is 0.344 e. The third-order valence-electron chi connectivity index (χ3n) is 3.99. The van der Waals surface area contributed by atoms with Crippen molar-refractivity contribution in [1.29, 1.82) is 0 Å². The van der Waals surface area contributed by atoms with E-state index in [4.69, 9.17) is 10.7 Å². The van der Waals surface area contributed by atoms with E-state index >= 15 is 0 Å². The first-order valence-electron chi connectivity index (χ1n) is 7.19. The molecule has 2 N–H and O–H groups in total. The molecule has 0 bridgehead atoms. The Balaban J connectivity index is 1.72. The Hall–Kier alpha value is -0.680. The van der Waals surface area contributed by atoms with Gasteiger partial charge in [-0.15, -0.1) is 0 Å². The monoisotopic (exact) mass is 266 g/mol. The molecule has 0 radical (unpaired) electrons. The van der Waals surface area contributed by atoms with Crippen LogP contribution in [0.1, 0.15) is 56.7 Å². The van der Waals surface area contributed by atoms with Crippen LogP contribution in [0, 0.1) is 0 Å². The summed E-state index contributed by atoms with van der Waals surface area (Å²) in [7, 11) is 0. The van der Waals surface area contributed by atoms with Crippen molar-refractivity contribution in [2.45, 2.75) is 56.9 Å². The Bertz CT molecular complexity index is 382. The van der Waals surface area contributed by atoms with Gasteiger partial charge in [0.15, 0.2) is 0 Å². The van der Waals surface area contributed by atoms with Crippen LogP contribution in [0.3, 0.4) is 0 Å². The quantitative estimate of drug-likeness (QED) is 0.859. The summed E-state index contributed by atoms with van der Waals surface area (Å²) in [6, 6.07) is 0.677. The number of rotatable bonds is 6. The van der Waals surface area contributed by atoms with E-state index in [1.165, 1.54) is 38.5 Å². The van der Waals surface area contributed by atoms with Gasteiger partial charge in [-0.2, -0.15) is 4.37 Å². The van der Waals surface area contributed by atoms with Crippen LogP contribution in [-0.4, -0.2) is 28.5 Å². The predicted molar refractivity (Wildman–Crippen MR) is 75.2 cm³/mol. The highest BCUT2D eigenvalue weighted by Crippen LogP contribution is 2.40. The van der Waals surface area contributed by atoms with Gasteiger partial charge >= 0.3 is 0 Å². The molecular weight excluding hydrogens is 244 g/mol. The molecule has 1 aromatic heterocycles. The standard InChI is InChI=1S/C13H22N4S/c14-8-3-9-17(11-4-1-2-5-11)13-15-12(16-18-13)10-6-7-10/h10-11H,1-9,14H2. The van der Waals surface area contributed by atoms with Gasteiger partial charge in [0.05, 0.1) is 0 Å². The zero-order valence-corrected chi connectivity index (χ0v) is 11.7. The highest BCUT2D eigenvalue weighted by Gasteiger charge is 2.30. The summed E-state index contributed by atoms with van der Waals surface area (Å²) in [6.07, 6.45) is 8.95. The Morgan fingerprint density at radius 2 is 2.00 bits per heavy atom. The molecule has 5 heteroatoms. The molecule has 0 aromatic carbocycles. The first kappa shape index (κ1) is 12.4. The molecule has 3 rings (SSSR count). The highest BCUT2D eigenvalue weighted by atomic mass is 32.1. The summed E-state index contributed by atoms with van der Waals surface area (Å²) < 4.78 is 4.54. The molecule has 1 aromatic rings. The molecule has 0 unspecified atom stereocenters. The maximum atomic E-state index is 5.66. The zero-order valence-electron chi connectivity index (χ0n) is 10.8. The first-order valence-corrected chi connectivity index (χ1v) is 7.96. The molecule has 2 saturated carbocycles. The number of hydrogen-bond donors (Lipinski definition) is 1. The first-order chi connectivity index (χ1) is 8.88. The molecule has 0 atom stereocenters. The smallest absolute Gasteiger partial charge is 0.205 e. The molecule has 0 saturated heterocycles. The van der Waals surface area contributed by atoms with Gasteiger partial charge in [-0.1, -0.05) is 12.8 Å². The third-order valence-corrected chi connectivity index (χ3v) is 4.76. The van der Waals surface area contributed by atoms with Crippen LogP contribution in [0.4, 0.5) is 5.13 Å². The van der Waals surface area contributed by atoms with E-state index in [2.05, 4.69) is 9.27 Å². The average molecular weight is 266 g/mol. The lowest BCUT2D eigenvalue weighted by atomic mass is 10.2. The molecule has 2 aliphatic rings. The summed E-state index contributed by atoms with van der Waals surface area (Å²) in [5, 5.41) is 1.14. The topological polar surface area (TPSA) is 55.0 Å². The molecule has 2 aliphatic carbocycles. The number of hydrogen-bond acceptors (Lipinski definition) is 5. The molecule has 2 fully saturated rings. The Kier molecular flexibility index (Phi) is 3.80. The van der Waals surface area contributed by atoms with Crippen LogP contribution >= 0.6 is 11.5 Å². The molecular formula is C13H22N4S. The van der Waals surface area contributed by atoms with Gasteiger partial charge in [0, 0.05) is 30.0 Å². The van der Waals surface area contributed by atoms with Crippen molar-refractivity contribution < 1.29 is 0 Å². The van der Waals surface area contributed by atoms with E-state index in [1.54, 1.807) is 11.5 Å². The van der Waals surface area contributed by atoms with Gasteiger partial charge in [-0.05, 0) is 38.6 Å². The minimum Gasteiger partial charge on any atom is -0.344 e. The van der Waals surface area contributed by atoms with Gasteiger partial charge in [0.25, 0.3) is 0 Å². The molecule has 0 spiro atoms. The lowest BCUT2D eigenvalue weighted by Gasteiger charge is -2.27. The van der Waals surface area contributed by atoms with Gasteiger partial charge in [0.1, 0.15) is 5.82 Å². The molecule has 0 aliphatic heterocycles. The molecule has 100 valence electrons. The van der Waals surface area contributed by atoms with Crippen LogP contribution < -0.4 is 10.6 Å². The second-order valence-electron chi connectivity index (χ2n) is 5.48. The van der Waals surface area contributed by atoms with E-state index in [0.29, 0.717) is 12.0 Å². The second kappa shape index (κ2) is 5.53. The number of aromatic nitrogens is 2. The van der Waals surface area contributed by atoms with E-state index in [0.717, 1.165) is 30.5 Å². The van der Waals surface area contributed by atoms with Gasteiger partial charge in [-0.25, -0.2) is 4.98 Å². The zero-order chi connectivity index (χ0) is 12.4. The second-order valence-corrected chi connectivity index (χ2v) is 6.21. The van der Waals surface area contributed by atoms with Gasteiger partial charge in [-0.3, -0.25) is 0 Å². The van der Waals surface area contributed by atoms with Crippen LogP contribution in [0.15, 0.2) is 0 Å². The van der Waals surface area contributed by atoms with Crippen molar-refractivity contribution >= 4 is 16.7 Å². The van der Waals surface area contributed by atoms with Gasteiger partial charge in [0.2, 0.25) is 5.13 Å². The summed E-state index contributed by atoms with van der Waals surface area (Å²) >= 11 is 1.59. The maximum absolute atomic E-state index is 5.66. The SMILES string of the molecule is NCCCN(c1nc(C2CC2)ns1)C1CCCC1. The Morgan fingerprint density at radius 1 is 1.22 bits per heavy atom. The van der Waals surface area contributed by atoms with Gasteiger partial charge < -0.3 is 10.6 Å². The minimum atomic E-state index is 0.662. The van der Waals surface area contributed by atoms with Crippen LogP contribution in [0.5, 0.6) is 0 Å². The molecule has 0 amide bonds. The van der Waals surface area contributed by atoms with Crippen molar-refractivity contribution in [1.82, 2.24) is 9.36 Å². The van der Waals surface area contributed by atoms with Crippen LogP contribution in [-0.2, 0) is 0 Å². The van der Waals surface area contributed by atoms with Crippen molar-refractivity contribution in [2.75, 3.05) is 18.0 Å². The van der Waals surface area contributed by atoms with Crippen LogP contribution in [0.25, 0.3) is 0 Å². The Morgan fingerprint density at radius 3 is 2.67 bits per heavy atom. The fourth-order valence-corrected chi connectivity index (χ4v) is 3.61. The summed E-state index contributed by atoms with van der Waals surface area (Å²) in [5.41, 5.74) is 5.66. The fraction of sp³-hybridized carbons (Fsp3) is 0.846. The lowest BCUT2D eigenvalue weighted by Crippen LogP contribution is -2.35. The van der Waals surface area contributed by atoms with Crippen molar-refractivity contribution in [3.8, 4) is 0 Å². The van der Waals surface area contributed by atoms with E-state index in [-0.39, 0.29) is 0 Å². The van der Waals surface area contributed by atoms with Crippen molar-refractivity contribution in [3.05, 3.63) is 5.82 Å². The predicted octanol–water partition coefficient (Wildman–Crippen LogP) is 2.51. The summed E-state index contributed by atoms with van der Waals surface area (Å²) in [5.74, 6) is 1.75.